The minimum atomic E-state index is 0. The van der Waals surface area contributed by atoms with Crippen LogP contribution in [0.25, 0.3) is 0 Å². The molecule has 2 aromatic carbocycles. The number of phenols is 1. The lowest BCUT2D eigenvalue weighted by Crippen LogP contribution is -2.50. The number of rotatable bonds is 1. The third-order valence-electron chi connectivity index (χ3n) is 4.77. The van der Waals surface area contributed by atoms with Crippen molar-refractivity contribution in [3.05, 3.63) is 65.2 Å². The lowest BCUT2D eigenvalue weighted by Gasteiger charge is -2.44. The van der Waals surface area contributed by atoms with Gasteiger partial charge in [0, 0.05) is 38.1 Å². The molecule has 2 heterocycles. The van der Waals surface area contributed by atoms with Crippen LogP contribution in [-0.2, 0) is 0 Å². The fourth-order valence-corrected chi connectivity index (χ4v) is 3.76. The summed E-state index contributed by atoms with van der Waals surface area (Å²) in [4.78, 5) is 2.58. The number of nitrogens with zero attached hydrogens (tertiary/aromatic N) is 1. The van der Waals surface area contributed by atoms with Crippen molar-refractivity contribution < 1.29 is 5.11 Å². The summed E-state index contributed by atoms with van der Waals surface area (Å²) < 4.78 is 0. The number of halogens is 2. The Hall–Kier alpha value is -1.26. The van der Waals surface area contributed by atoms with E-state index in [2.05, 4.69) is 40.5 Å². The molecule has 5 heteroatoms. The van der Waals surface area contributed by atoms with Gasteiger partial charge >= 0.3 is 0 Å². The first-order valence-corrected chi connectivity index (χ1v) is 7.65. The molecule has 2 atom stereocenters. The van der Waals surface area contributed by atoms with Crippen molar-refractivity contribution in [2.45, 2.75) is 12.0 Å². The first kappa shape index (κ1) is 18.1. The minimum Gasteiger partial charge on any atom is -0.508 e. The van der Waals surface area contributed by atoms with Crippen molar-refractivity contribution in [2.75, 3.05) is 26.2 Å². The monoisotopic (exact) mass is 352 g/mol. The standard InChI is InChI=1S/C18H20N2O.2ClH/c21-14-5-3-4-13(10-14)17-12-20-9-8-19-11-18(20)16-7-2-1-6-15(16)17;;/h1-7,10,17-19,21H,8-9,11-12H2;2*1H/t17-,18+;;/m1../s1. The second kappa shape index (κ2) is 7.54. The Bertz CT molecular complexity index is 665. The SMILES string of the molecule is Cl.Cl.Oc1cccc([C@H]2CN3CCNC[C@H]3c3ccccc32)c1. The van der Waals surface area contributed by atoms with Gasteiger partial charge in [-0.3, -0.25) is 4.90 Å². The summed E-state index contributed by atoms with van der Waals surface area (Å²) in [6.45, 7) is 4.22. The van der Waals surface area contributed by atoms with Crippen LogP contribution in [-0.4, -0.2) is 36.2 Å². The van der Waals surface area contributed by atoms with E-state index in [-0.39, 0.29) is 24.8 Å². The van der Waals surface area contributed by atoms with Crippen LogP contribution in [0.1, 0.15) is 28.7 Å². The van der Waals surface area contributed by atoms with Gasteiger partial charge in [-0.2, -0.15) is 0 Å². The highest BCUT2D eigenvalue weighted by Crippen LogP contribution is 2.40. The van der Waals surface area contributed by atoms with Crippen LogP contribution in [0.15, 0.2) is 48.5 Å². The second-order valence-corrected chi connectivity index (χ2v) is 5.99. The van der Waals surface area contributed by atoms with Gasteiger partial charge < -0.3 is 10.4 Å². The van der Waals surface area contributed by atoms with E-state index in [1.165, 1.54) is 16.7 Å². The zero-order valence-corrected chi connectivity index (χ0v) is 14.4. The topological polar surface area (TPSA) is 35.5 Å². The molecule has 0 aromatic heterocycles. The molecule has 0 spiro atoms. The van der Waals surface area contributed by atoms with Gasteiger partial charge in [0.05, 0.1) is 0 Å². The quantitative estimate of drug-likeness (QED) is 0.826. The summed E-state index contributed by atoms with van der Waals surface area (Å²) >= 11 is 0. The predicted octanol–water partition coefficient (Wildman–Crippen LogP) is 3.33. The lowest BCUT2D eigenvalue weighted by molar-refractivity contribution is 0.143. The van der Waals surface area contributed by atoms with E-state index < -0.39 is 0 Å². The molecule has 0 aliphatic carbocycles. The minimum absolute atomic E-state index is 0. The van der Waals surface area contributed by atoms with Gasteiger partial charge in [0.25, 0.3) is 0 Å². The van der Waals surface area contributed by atoms with E-state index in [0.717, 1.165) is 26.2 Å². The molecule has 2 aliphatic heterocycles. The Morgan fingerprint density at radius 1 is 1.00 bits per heavy atom. The fraction of sp³-hybridized carbons (Fsp3) is 0.333. The smallest absolute Gasteiger partial charge is 0.115 e. The third-order valence-corrected chi connectivity index (χ3v) is 4.77. The van der Waals surface area contributed by atoms with E-state index in [9.17, 15) is 5.11 Å². The van der Waals surface area contributed by atoms with Crippen molar-refractivity contribution in [3.63, 3.8) is 0 Å². The highest BCUT2D eigenvalue weighted by Gasteiger charge is 2.34. The molecule has 4 rings (SSSR count). The van der Waals surface area contributed by atoms with Crippen LogP contribution in [0, 0.1) is 0 Å². The Morgan fingerprint density at radius 3 is 2.57 bits per heavy atom. The number of fused-ring (bicyclic) bond motifs is 3. The van der Waals surface area contributed by atoms with Crippen molar-refractivity contribution >= 4 is 24.8 Å². The van der Waals surface area contributed by atoms with Gasteiger partial charge in [-0.25, -0.2) is 0 Å². The first-order chi connectivity index (χ1) is 10.3. The van der Waals surface area contributed by atoms with Gasteiger partial charge in [0.2, 0.25) is 0 Å². The zero-order valence-electron chi connectivity index (χ0n) is 12.8. The summed E-state index contributed by atoms with van der Waals surface area (Å²) in [5, 5.41) is 13.3. The molecular weight excluding hydrogens is 331 g/mol. The molecule has 0 amide bonds. The Kier molecular flexibility index (Phi) is 5.93. The average Bonchev–Trinajstić information content (AvgIpc) is 2.54. The van der Waals surface area contributed by atoms with E-state index >= 15 is 0 Å². The summed E-state index contributed by atoms with van der Waals surface area (Å²) in [6.07, 6.45) is 0. The fourth-order valence-electron chi connectivity index (χ4n) is 3.76. The Morgan fingerprint density at radius 2 is 1.78 bits per heavy atom. The number of nitrogens with one attached hydrogen (secondary N) is 1. The Labute approximate surface area is 149 Å². The summed E-state index contributed by atoms with van der Waals surface area (Å²) in [5.41, 5.74) is 4.05. The van der Waals surface area contributed by atoms with E-state index in [0.29, 0.717) is 17.7 Å². The van der Waals surface area contributed by atoms with Crippen LogP contribution in [0.3, 0.4) is 0 Å². The van der Waals surface area contributed by atoms with E-state index in [4.69, 9.17) is 0 Å². The molecule has 0 bridgehead atoms. The van der Waals surface area contributed by atoms with Crippen LogP contribution in [0.4, 0.5) is 0 Å². The predicted molar refractivity (Wildman–Crippen MR) is 98.1 cm³/mol. The zero-order chi connectivity index (χ0) is 14.2. The normalized spacial score (nSPS) is 23.0. The van der Waals surface area contributed by atoms with Crippen molar-refractivity contribution in [1.82, 2.24) is 10.2 Å². The number of piperazine rings is 1. The molecule has 124 valence electrons. The van der Waals surface area contributed by atoms with E-state index in [1.807, 2.05) is 12.1 Å². The number of aromatic hydroxyl groups is 1. The van der Waals surface area contributed by atoms with Crippen LogP contribution >= 0.6 is 24.8 Å². The molecule has 23 heavy (non-hydrogen) atoms. The highest BCUT2D eigenvalue weighted by molar-refractivity contribution is 5.85. The van der Waals surface area contributed by atoms with Gasteiger partial charge in [-0.05, 0) is 28.8 Å². The molecule has 2 N–H and O–H groups in total. The number of hydrogen-bond acceptors (Lipinski definition) is 3. The van der Waals surface area contributed by atoms with Gasteiger partial charge in [-0.15, -0.1) is 24.8 Å². The second-order valence-electron chi connectivity index (χ2n) is 5.99. The Balaban J connectivity index is 0.000000960. The molecule has 2 aromatic rings. The highest BCUT2D eigenvalue weighted by atomic mass is 35.5. The molecule has 3 nitrogen and oxygen atoms in total. The summed E-state index contributed by atoms with van der Waals surface area (Å²) in [7, 11) is 0. The van der Waals surface area contributed by atoms with Crippen molar-refractivity contribution in [3.8, 4) is 5.75 Å². The summed E-state index contributed by atoms with van der Waals surface area (Å²) in [6, 6.07) is 17.0. The van der Waals surface area contributed by atoms with Gasteiger partial charge in [0.1, 0.15) is 5.75 Å². The van der Waals surface area contributed by atoms with Crippen molar-refractivity contribution in [1.29, 1.82) is 0 Å². The molecule has 0 radical (unpaired) electrons. The number of hydrogen-bond donors (Lipinski definition) is 2. The maximum absolute atomic E-state index is 9.80. The van der Waals surface area contributed by atoms with Crippen LogP contribution < -0.4 is 5.32 Å². The number of phenolic OH excluding ortho intramolecular Hbond substituents is 1. The lowest BCUT2D eigenvalue weighted by atomic mass is 9.81. The summed E-state index contributed by atoms with van der Waals surface area (Å²) in [5.74, 6) is 0.704. The van der Waals surface area contributed by atoms with Crippen LogP contribution in [0.2, 0.25) is 0 Å². The van der Waals surface area contributed by atoms with Gasteiger partial charge in [-0.1, -0.05) is 36.4 Å². The van der Waals surface area contributed by atoms with Gasteiger partial charge in [0.15, 0.2) is 0 Å². The van der Waals surface area contributed by atoms with Crippen LogP contribution in [0.5, 0.6) is 5.75 Å². The largest absolute Gasteiger partial charge is 0.508 e. The first-order valence-electron chi connectivity index (χ1n) is 7.65. The molecule has 1 fully saturated rings. The number of benzene rings is 2. The molecule has 2 aliphatic rings. The molecular formula is C18H22Cl2N2O. The molecule has 0 unspecified atom stereocenters. The maximum atomic E-state index is 9.80. The van der Waals surface area contributed by atoms with E-state index in [1.54, 1.807) is 6.07 Å². The van der Waals surface area contributed by atoms with Crippen molar-refractivity contribution in [2.24, 2.45) is 0 Å². The molecule has 1 saturated heterocycles. The average molecular weight is 353 g/mol. The maximum Gasteiger partial charge on any atom is 0.115 e. The third kappa shape index (κ3) is 3.33. The molecule has 0 saturated carbocycles.